The summed E-state index contributed by atoms with van der Waals surface area (Å²) in [5.74, 6) is 0. The van der Waals surface area contributed by atoms with E-state index >= 15 is 0 Å². The fourth-order valence-corrected chi connectivity index (χ4v) is 13.7. The van der Waals surface area contributed by atoms with Gasteiger partial charge in [0.2, 0.25) is 0 Å². The highest BCUT2D eigenvalue weighted by Crippen LogP contribution is 2.20. The normalized spacial score (nSPS) is 14.0. The minimum atomic E-state index is -2.22. The van der Waals surface area contributed by atoms with Gasteiger partial charge in [-0.2, -0.15) is 0 Å². The minimum absolute atomic E-state index is 0.588. The lowest BCUT2D eigenvalue weighted by atomic mass is 10.8. The number of ether oxygens (including phenoxy) is 2. The van der Waals surface area contributed by atoms with Gasteiger partial charge in [0.05, 0.1) is 19.4 Å². The zero-order valence-electron chi connectivity index (χ0n) is 13.3. The largest absolute Gasteiger partial charge is 0.435 e. The zero-order chi connectivity index (χ0) is 14.4. The van der Waals surface area contributed by atoms with Crippen LogP contribution in [0, 0.1) is 0 Å². The number of rotatable bonds is 9. The third kappa shape index (κ3) is 10.4. The summed E-state index contributed by atoms with van der Waals surface area (Å²) in [4.78, 5) is 0. The average molecular weight is 311 g/mol. The van der Waals surface area contributed by atoms with Crippen molar-refractivity contribution in [3.8, 4) is 0 Å². The molecule has 0 heterocycles. The predicted molar refractivity (Wildman–Crippen MR) is 83.2 cm³/mol. The Kier molecular flexibility index (Phi) is 7.52. The number of hydrogen-bond acceptors (Lipinski definition) is 4. The van der Waals surface area contributed by atoms with Gasteiger partial charge < -0.3 is 17.7 Å². The predicted octanol–water partition coefficient (Wildman–Crippen LogP) is 2.96. The molecule has 0 aliphatic rings. The molecule has 0 spiro atoms. The topological polar surface area (TPSA) is 36.9 Å². The Labute approximate surface area is 115 Å². The monoisotopic (exact) mass is 310 g/mol. The van der Waals surface area contributed by atoms with Gasteiger partial charge >= 0.3 is 8.56 Å². The van der Waals surface area contributed by atoms with E-state index in [1.54, 1.807) is 7.11 Å². The first-order chi connectivity index (χ1) is 7.97. The van der Waals surface area contributed by atoms with Crippen molar-refractivity contribution in [2.75, 3.05) is 26.6 Å². The molecule has 0 bridgehead atoms. The van der Waals surface area contributed by atoms with Crippen molar-refractivity contribution in [1.29, 1.82) is 0 Å². The first-order valence-corrected chi connectivity index (χ1v) is 15.8. The molecule has 0 aliphatic carbocycles. The van der Waals surface area contributed by atoms with E-state index in [1.165, 1.54) is 0 Å². The molecule has 0 rings (SSSR count). The van der Waals surface area contributed by atoms with Crippen LogP contribution in [-0.4, -0.2) is 51.7 Å². The molecule has 0 atom stereocenters. The lowest BCUT2D eigenvalue weighted by molar-refractivity contribution is 0.0812. The highest BCUT2D eigenvalue weighted by molar-refractivity contribution is 6.87. The van der Waals surface area contributed by atoms with E-state index in [0.717, 1.165) is 0 Å². The van der Waals surface area contributed by atoms with Crippen molar-refractivity contribution < 1.29 is 17.7 Å². The summed E-state index contributed by atoms with van der Waals surface area (Å²) in [6, 6.07) is 0. The van der Waals surface area contributed by atoms with Gasteiger partial charge in [-0.3, -0.25) is 0 Å². The summed E-state index contributed by atoms with van der Waals surface area (Å²) in [7, 11) is -3.77. The van der Waals surface area contributed by atoms with Gasteiger partial charge in [-0.25, -0.2) is 0 Å². The van der Waals surface area contributed by atoms with Gasteiger partial charge in [0, 0.05) is 7.11 Å². The average Bonchev–Trinajstić information content (AvgIpc) is 2.05. The van der Waals surface area contributed by atoms with Gasteiger partial charge in [-0.05, 0) is 45.8 Å². The molecule has 0 aliphatic heterocycles. The second-order valence-corrected chi connectivity index (χ2v) is 19.2. The molecule has 0 saturated heterocycles. The molecule has 0 aromatic rings. The van der Waals surface area contributed by atoms with Crippen LogP contribution >= 0.6 is 0 Å². The maximum absolute atomic E-state index is 6.31. The fraction of sp³-hybridized carbons (Fsp3) is 1.00. The summed E-state index contributed by atoms with van der Waals surface area (Å²) in [6.45, 7) is 16.5. The Morgan fingerprint density at radius 1 is 0.722 bits per heavy atom. The van der Waals surface area contributed by atoms with Gasteiger partial charge in [-0.15, -0.1) is 0 Å². The summed E-state index contributed by atoms with van der Waals surface area (Å²) >= 11 is 0. The van der Waals surface area contributed by atoms with Crippen LogP contribution in [0.1, 0.15) is 0 Å². The van der Waals surface area contributed by atoms with Gasteiger partial charge in [-0.1, -0.05) is 0 Å². The molecule has 0 aromatic heterocycles. The quantitative estimate of drug-likeness (QED) is 0.485. The molecule has 0 saturated carbocycles. The maximum atomic E-state index is 6.31. The molecular formula is C11H30O4Si3. The second-order valence-electron chi connectivity index (χ2n) is 6.61. The van der Waals surface area contributed by atoms with E-state index in [9.17, 15) is 0 Å². The van der Waals surface area contributed by atoms with Gasteiger partial charge in [0.25, 0.3) is 0 Å². The summed E-state index contributed by atoms with van der Waals surface area (Å²) in [5, 5.41) is 0. The molecule has 0 aromatic carbocycles. The highest BCUT2D eigenvalue weighted by Gasteiger charge is 2.40. The second kappa shape index (κ2) is 7.32. The summed E-state index contributed by atoms with van der Waals surface area (Å²) in [5.41, 5.74) is 0. The van der Waals surface area contributed by atoms with E-state index in [0.29, 0.717) is 19.4 Å². The number of methoxy groups -OCH3 is 1. The Morgan fingerprint density at radius 2 is 1.17 bits per heavy atom. The van der Waals surface area contributed by atoms with Gasteiger partial charge in [0.15, 0.2) is 16.6 Å². The maximum Gasteiger partial charge on any atom is 0.341 e. The summed E-state index contributed by atoms with van der Waals surface area (Å²) < 4.78 is 23.3. The van der Waals surface area contributed by atoms with Crippen LogP contribution in [0.4, 0.5) is 0 Å². The zero-order valence-corrected chi connectivity index (χ0v) is 16.3. The third-order valence-electron chi connectivity index (χ3n) is 1.84. The van der Waals surface area contributed by atoms with Crippen molar-refractivity contribution in [3.63, 3.8) is 0 Å². The van der Waals surface area contributed by atoms with Crippen molar-refractivity contribution in [3.05, 3.63) is 0 Å². The Hall–Kier alpha value is 0.491. The summed E-state index contributed by atoms with van der Waals surface area (Å²) in [6.07, 6.45) is 0.588. The van der Waals surface area contributed by atoms with Crippen LogP contribution in [0.5, 0.6) is 0 Å². The van der Waals surface area contributed by atoms with Crippen molar-refractivity contribution in [1.82, 2.24) is 0 Å². The Bertz CT molecular complexity index is 219. The smallest absolute Gasteiger partial charge is 0.341 e. The molecule has 0 fully saturated rings. The van der Waals surface area contributed by atoms with Crippen LogP contribution in [0.15, 0.2) is 0 Å². The highest BCUT2D eigenvalue weighted by atomic mass is 28.5. The first kappa shape index (κ1) is 18.5. The molecule has 0 unspecified atom stereocenters. The van der Waals surface area contributed by atoms with Gasteiger partial charge in [0.1, 0.15) is 0 Å². The Balaban J connectivity index is 4.50. The molecular weight excluding hydrogens is 280 g/mol. The van der Waals surface area contributed by atoms with Crippen molar-refractivity contribution in [2.24, 2.45) is 0 Å². The number of hydrogen-bond donors (Lipinski definition) is 0. The van der Waals surface area contributed by atoms with Crippen LogP contribution in [0.25, 0.3) is 0 Å². The molecule has 0 N–H and O–H groups in total. The van der Waals surface area contributed by atoms with Crippen LogP contribution in [0.3, 0.4) is 0 Å². The van der Waals surface area contributed by atoms with E-state index in [1.807, 2.05) is 0 Å². The van der Waals surface area contributed by atoms with Crippen LogP contribution in [-0.2, 0) is 17.7 Å². The van der Waals surface area contributed by atoms with E-state index < -0.39 is 25.2 Å². The molecule has 18 heavy (non-hydrogen) atoms. The minimum Gasteiger partial charge on any atom is -0.435 e. The van der Waals surface area contributed by atoms with E-state index in [4.69, 9.17) is 17.7 Å². The van der Waals surface area contributed by atoms with Crippen LogP contribution < -0.4 is 0 Å². The SMILES string of the molecule is COCCOC[Si](C)(O[Si](C)(C)C)O[Si](C)(C)C. The molecule has 0 radical (unpaired) electrons. The lowest BCUT2D eigenvalue weighted by Crippen LogP contribution is -2.56. The first-order valence-electron chi connectivity index (χ1n) is 6.44. The van der Waals surface area contributed by atoms with Crippen LogP contribution in [0.2, 0.25) is 45.8 Å². The molecule has 110 valence electrons. The molecule has 7 heteroatoms. The molecule has 0 amide bonds. The molecule has 4 nitrogen and oxygen atoms in total. The fourth-order valence-electron chi connectivity index (χ4n) is 1.77. The van der Waals surface area contributed by atoms with E-state index in [2.05, 4.69) is 45.8 Å². The van der Waals surface area contributed by atoms with Crippen molar-refractivity contribution >= 4 is 25.2 Å². The van der Waals surface area contributed by atoms with E-state index in [-0.39, 0.29) is 0 Å². The standard InChI is InChI=1S/C11H30O4Si3/c1-12-9-10-13-11-18(8,14-16(2,3)4)15-17(5,6)7/h9-11H2,1-8H3. The van der Waals surface area contributed by atoms with Crippen molar-refractivity contribution in [2.45, 2.75) is 45.8 Å². The lowest BCUT2D eigenvalue weighted by Gasteiger charge is -2.38. The Morgan fingerprint density at radius 3 is 1.50 bits per heavy atom. The third-order valence-corrected chi connectivity index (χ3v) is 10.9.